The molecule has 1 atom stereocenters. The third-order valence-corrected chi connectivity index (χ3v) is 6.90. The summed E-state index contributed by atoms with van der Waals surface area (Å²) in [4.78, 5) is -0.280. The Bertz CT molecular complexity index is 1160. The van der Waals surface area contributed by atoms with Crippen molar-refractivity contribution < 1.29 is 18.6 Å². The Morgan fingerprint density at radius 2 is 1.70 bits per heavy atom. The largest absolute Gasteiger partial charge is 0.508 e. The van der Waals surface area contributed by atoms with Crippen molar-refractivity contribution in [3.05, 3.63) is 71.2 Å². The molecule has 27 heavy (non-hydrogen) atoms. The summed E-state index contributed by atoms with van der Waals surface area (Å²) in [6, 6.07) is 15.6. The molecule has 4 rings (SSSR count). The Kier molecular flexibility index (Phi) is 4.05. The highest BCUT2D eigenvalue weighted by Gasteiger charge is 2.38. The van der Waals surface area contributed by atoms with Crippen molar-refractivity contribution in [2.45, 2.75) is 17.9 Å². The number of hydrogen-bond acceptors (Lipinski definition) is 4. The lowest BCUT2D eigenvalue weighted by Crippen LogP contribution is -2.36. The van der Waals surface area contributed by atoms with Gasteiger partial charge in [0.15, 0.2) is 0 Å². The Morgan fingerprint density at radius 1 is 0.963 bits per heavy atom. The van der Waals surface area contributed by atoms with E-state index in [9.17, 15) is 18.6 Å². The normalized spacial score (nSPS) is 15.9. The SMILES string of the molecule is C[C@@H]1c2ccccc2-c2ccc(Cl)cc2N1S(=O)(=O)c1ccc(O)cc1O. The van der Waals surface area contributed by atoms with E-state index in [1.54, 1.807) is 25.1 Å². The summed E-state index contributed by atoms with van der Waals surface area (Å²) in [6.07, 6.45) is 0. The van der Waals surface area contributed by atoms with Crippen LogP contribution in [0.4, 0.5) is 5.69 Å². The van der Waals surface area contributed by atoms with Crippen LogP contribution in [0.3, 0.4) is 0 Å². The van der Waals surface area contributed by atoms with Crippen LogP contribution in [-0.4, -0.2) is 18.6 Å². The Balaban J connectivity index is 1.99. The quantitative estimate of drug-likeness (QED) is 0.653. The zero-order valence-electron chi connectivity index (χ0n) is 14.3. The van der Waals surface area contributed by atoms with Crippen molar-refractivity contribution in [1.82, 2.24) is 0 Å². The molecule has 3 aromatic rings. The molecule has 0 unspecified atom stereocenters. The first kappa shape index (κ1) is 17.7. The minimum absolute atomic E-state index is 0.216. The maximum absolute atomic E-state index is 13.5. The number of phenols is 2. The van der Waals surface area contributed by atoms with E-state index in [-0.39, 0.29) is 10.6 Å². The molecule has 5 nitrogen and oxygen atoms in total. The van der Waals surface area contributed by atoms with Crippen LogP contribution < -0.4 is 4.31 Å². The minimum atomic E-state index is -4.12. The standard InChI is InChI=1S/C20H16ClNO4S/c1-12-15-4-2-3-5-16(15)17-8-6-13(21)10-18(17)22(12)27(25,26)20-9-7-14(23)11-19(20)24/h2-12,23-24H,1H3/t12-/m1/s1. The third kappa shape index (κ3) is 2.72. The van der Waals surface area contributed by atoms with Crippen LogP contribution in [0.5, 0.6) is 11.5 Å². The molecule has 0 saturated carbocycles. The highest BCUT2D eigenvalue weighted by Crippen LogP contribution is 2.48. The fourth-order valence-electron chi connectivity index (χ4n) is 3.52. The van der Waals surface area contributed by atoms with Crippen molar-refractivity contribution in [3.8, 4) is 22.6 Å². The van der Waals surface area contributed by atoms with Gasteiger partial charge in [-0.1, -0.05) is 41.9 Å². The molecule has 0 aromatic heterocycles. The molecule has 0 amide bonds. The van der Waals surface area contributed by atoms with Crippen molar-refractivity contribution >= 4 is 27.3 Å². The van der Waals surface area contributed by atoms with Gasteiger partial charge >= 0.3 is 0 Å². The Labute approximate surface area is 162 Å². The molecular weight excluding hydrogens is 386 g/mol. The van der Waals surface area contributed by atoms with E-state index < -0.39 is 21.8 Å². The Morgan fingerprint density at radius 3 is 2.44 bits per heavy atom. The monoisotopic (exact) mass is 401 g/mol. The molecule has 3 aromatic carbocycles. The molecule has 0 fully saturated rings. The number of anilines is 1. The molecule has 0 bridgehead atoms. The van der Waals surface area contributed by atoms with Crippen LogP contribution in [0.2, 0.25) is 5.02 Å². The third-order valence-electron chi connectivity index (χ3n) is 4.73. The number of halogens is 1. The van der Waals surface area contributed by atoms with Gasteiger partial charge in [-0.05, 0) is 42.3 Å². The summed E-state index contributed by atoms with van der Waals surface area (Å²) >= 11 is 6.16. The minimum Gasteiger partial charge on any atom is -0.508 e. The topological polar surface area (TPSA) is 77.8 Å². The van der Waals surface area contributed by atoms with Crippen molar-refractivity contribution in [2.24, 2.45) is 0 Å². The van der Waals surface area contributed by atoms with Gasteiger partial charge in [-0.15, -0.1) is 0 Å². The highest BCUT2D eigenvalue weighted by atomic mass is 35.5. The van der Waals surface area contributed by atoms with E-state index in [2.05, 4.69) is 0 Å². The van der Waals surface area contributed by atoms with Crippen LogP contribution in [0.15, 0.2) is 65.6 Å². The molecule has 0 spiro atoms. The lowest BCUT2D eigenvalue weighted by atomic mass is 9.90. The average molecular weight is 402 g/mol. The van der Waals surface area contributed by atoms with Crippen LogP contribution >= 0.6 is 11.6 Å². The molecule has 138 valence electrons. The average Bonchev–Trinajstić information content (AvgIpc) is 2.61. The number of benzene rings is 3. The van der Waals surface area contributed by atoms with Gasteiger partial charge in [0.1, 0.15) is 16.4 Å². The lowest BCUT2D eigenvalue weighted by Gasteiger charge is -2.37. The van der Waals surface area contributed by atoms with E-state index in [1.165, 1.54) is 16.4 Å². The number of nitrogens with zero attached hydrogens (tertiary/aromatic N) is 1. The zero-order chi connectivity index (χ0) is 19.3. The molecule has 1 aliphatic heterocycles. The maximum atomic E-state index is 13.5. The van der Waals surface area contributed by atoms with Gasteiger partial charge in [-0.3, -0.25) is 4.31 Å². The van der Waals surface area contributed by atoms with Gasteiger partial charge in [0.25, 0.3) is 10.0 Å². The van der Waals surface area contributed by atoms with Crippen LogP contribution in [0, 0.1) is 0 Å². The van der Waals surface area contributed by atoms with Crippen molar-refractivity contribution in [3.63, 3.8) is 0 Å². The van der Waals surface area contributed by atoms with Gasteiger partial charge in [0, 0.05) is 16.7 Å². The summed E-state index contributed by atoms with van der Waals surface area (Å²) in [7, 11) is -4.12. The van der Waals surface area contributed by atoms with Gasteiger partial charge in [0.2, 0.25) is 0 Å². The van der Waals surface area contributed by atoms with Gasteiger partial charge < -0.3 is 10.2 Å². The first-order valence-electron chi connectivity index (χ1n) is 8.26. The maximum Gasteiger partial charge on any atom is 0.268 e. The number of fused-ring (bicyclic) bond motifs is 3. The number of hydrogen-bond donors (Lipinski definition) is 2. The summed E-state index contributed by atoms with van der Waals surface area (Å²) in [5.41, 5.74) is 2.99. The van der Waals surface area contributed by atoms with Crippen LogP contribution in [-0.2, 0) is 10.0 Å². The fraction of sp³-hybridized carbons (Fsp3) is 0.100. The smallest absolute Gasteiger partial charge is 0.268 e. The molecular formula is C20H16ClNO4S. The number of rotatable bonds is 2. The van der Waals surface area contributed by atoms with E-state index >= 15 is 0 Å². The van der Waals surface area contributed by atoms with Gasteiger partial charge in [-0.2, -0.15) is 0 Å². The van der Waals surface area contributed by atoms with Crippen molar-refractivity contribution in [1.29, 1.82) is 0 Å². The molecule has 2 N–H and O–H groups in total. The van der Waals surface area contributed by atoms with Gasteiger partial charge in [0.05, 0.1) is 11.7 Å². The van der Waals surface area contributed by atoms with E-state index in [4.69, 9.17) is 11.6 Å². The van der Waals surface area contributed by atoms with Crippen LogP contribution in [0.25, 0.3) is 11.1 Å². The lowest BCUT2D eigenvalue weighted by molar-refractivity contribution is 0.439. The summed E-state index contributed by atoms with van der Waals surface area (Å²) in [6.45, 7) is 1.79. The predicted molar refractivity (Wildman–Crippen MR) is 105 cm³/mol. The molecule has 0 saturated heterocycles. The van der Waals surface area contributed by atoms with Crippen LogP contribution in [0.1, 0.15) is 18.5 Å². The Hall–Kier alpha value is -2.70. The first-order chi connectivity index (χ1) is 12.8. The zero-order valence-corrected chi connectivity index (χ0v) is 15.9. The van der Waals surface area contributed by atoms with E-state index in [0.29, 0.717) is 10.7 Å². The summed E-state index contributed by atoms with van der Waals surface area (Å²) in [5, 5.41) is 20.1. The first-order valence-corrected chi connectivity index (χ1v) is 10.1. The molecule has 1 aliphatic rings. The van der Waals surface area contributed by atoms with Gasteiger partial charge in [-0.25, -0.2) is 8.42 Å². The highest BCUT2D eigenvalue weighted by molar-refractivity contribution is 7.93. The fourth-order valence-corrected chi connectivity index (χ4v) is 5.41. The summed E-state index contributed by atoms with van der Waals surface area (Å²) < 4.78 is 28.2. The molecule has 0 radical (unpaired) electrons. The number of phenolic OH excluding ortho intramolecular Hbond substituents is 2. The second kappa shape index (κ2) is 6.18. The number of aromatic hydroxyl groups is 2. The molecule has 7 heteroatoms. The molecule has 0 aliphatic carbocycles. The number of sulfonamides is 1. The second-order valence-corrected chi connectivity index (χ2v) is 8.60. The second-order valence-electron chi connectivity index (χ2n) is 6.38. The van der Waals surface area contributed by atoms with Crippen molar-refractivity contribution in [2.75, 3.05) is 4.31 Å². The van der Waals surface area contributed by atoms with E-state index in [1.807, 2.05) is 24.3 Å². The predicted octanol–water partition coefficient (Wildman–Crippen LogP) is 4.69. The molecule has 1 heterocycles. The van der Waals surface area contributed by atoms with E-state index in [0.717, 1.165) is 22.8 Å². The summed E-state index contributed by atoms with van der Waals surface area (Å²) in [5.74, 6) is -0.725.